The fourth-order valence-corrected chi connectivity index (χ4v) is 2.58. The number of hydrogen-bond acceptors (Lipinski definition) is 3. The van der Waals surface area contributed by atoms with Crippen LogP contribution in [-0.4, -0.2) is 22.9 Å². The molecule has 0 saturated carbocycles. The molecule has 0 fully saturated rings. The summed E-state index contributed by atoms with van der Waals surface area (Å²) in [5.74, 6) is 0.701. The average molecular weight is 357 g/mol. The first kappa shape index (κ1) is 16.9. The molecule has 0 aliphatic carbocycles. The van der Waals surface area contributed by atoms with Crippen LogP contribution < -0.4 is 15.4 Å². The second kappa shape index (κ2) is 7.27. The summed E-state index contributed by atoms with van der Waals surface area (Å²) in [7, 11) is 3.46. The van der Waals surface area contributed by atoms with Crippen LogP contribution in [0.4, 0.5) is 16.2 Å². The maximum absolute atomic E-state index is 12.2. The summed E-state index contributed by atoms with van der Waals surface area (Å²) in [5, 5.41) is 10.3. The molecule has 0 spiro atoms. The summed E-state index contributed by atoms with van der Waals surface area (Å²) >= 11 is 5.84. The second-order valence-electron chi connectivity index (χ2n) is 5.34. The van der Waals surface area contributed by atoms with E-state index in [4.69, 9.17) is 16.3 Å². The lowest BCUT2D eigenvalue weighted by molar-refractivity contribution is 0.262. The minimum Gasteiger partial charge on any atom is -0.496 e. The van der Waals surface area contributed by atoms with Crippen molar-refractivity contribution in [3.63, 3.8) is 0 Å². The number of carbonyl (C=O) groups is 1. The van der Waals surface area contributed by atoms with Gasteiger partial charge in [-0.05, 0) is 48.5 Å². The van der Waals surface area contributed by atoms with Crippen LogP contribution in [0.3, 0.4) is 0 Å². The van der Waals surface area contributed by atoms with Gasteiger partial charge in [-0.3, -0.25) is 4.68 Å². The van der Waals surface area contributed by atoms with Gasteiger partial charge in [0.25, 0.3) is 0 Å². The molecule has 0 aliphatic heterocycles. The number of amides is 2. The fraction of sp³-hybridized carbons (Fsp3) is 0.111. The highest BCUT2D eigenvalue weighted by Gasteiger charge is 2.12. The Morgan fingerprint density at radius 2 is 1.76 bits per heavy atom. The van der Waals surface area contributed by atoms with Crippen molar-refractivity contribution in [2.24, 2.45) is 7.05 Å². The van der Waals surface area contributed by atoms with Gasteiger partial charge < -0.3 is 15.4 Å². The van der Waals surface area contributed by atoms with Crippen molar-refractivity contribution in [1.29, 1.82) is 0 Å². The Bertz CT molecular complexity index is 890. The number of benzene rings is 2. The largest absolute Gasteiger partial charge is 0.496 e. The Morgan fingerprint density at radius 1 is 1.08 bits per heavy atom. The van der Waals surface area contributed by atoms with Crippen molar-refractivity contribution in [3.05, 3.63) is 59.8 Å². The standard InChI is InChI=1S/C18H17ClN4O2/c1-23-16(9-10-20-23)15-11-14(7-8-17(15)25-2)22-18(24)21-13-5-3-12(19)4-6-13/h3-11H,1-2H3,(H2,21,22,24). The number of carbonyl (C=O) groups excluding carboxylic acids is 1. The van der Waals surface area contributed by atoms with Crippen LogP contribution in [-0.2, 0) is 7.05 Å². The summed E-state index contributed by atoms with van der Waals surface area (Å²) in [4.78, 5) is 12.2. The van der Waals surface area contributed by atoms with Gasteiger partial charge in [0.1, 0.15) is 5.75 Å². The van der Waals surface area contributed by atoms with Crippen LogP contribution in [0.5, 0.6) is 5.75 Å². The van der Waals surface area contributed by atoms with Gasteiger partial charge >= 0.3 is 6.03 Å². The summed E-state index contributed by atoms with van der Waals surface area (Å²) in [6.07, 6.45) is 1.71. The van der Waals surface area contributed by atoms with Crippen LogP contribution in [0.15, 0.2) is 54.7 Å². The average Bonchev–Trinajstić information content (AvgIpc) is 3.02. The summed E-state index contributed by atoms with van der Waals surface area (Å²) in [6, 6.07) is 13.9. The molecule has 0 radical (unpaired) electrons. The van der Waals surface area contributed by atoms with E-state index in [1.165, 1.54) is 0 Å². The molecule has 3 rings (SSSR count). The number of nitrogens with zero attached hydrogens (tertiary/aromatic N) is 2. The molecule has 3 aromatic rings. The second-order valence-corrected chi connectivity index (χ2v) is 5.78. The number of anilines is 2. The first-order chi connectivity index (χ1) is 12.1. The van der Waals surface area contributed by atoms with Gasteiger partial charge in [0, 0.05) is 35.2 Å². The molecule has 25 heavy (non-hydrogen) atoms. The first-order valence-corrected chi connectivity index (χ1v) is 7.94. The van der Waals surface area contributed by atoms with Gasteiger partial charge in [0.05, 0.1) is 12.8 Å². The van der Waals surface area contributed by atoms with Crippen LogP contribution in [0, 0.1) is 0 Å². The number of methoxy groups -OCH3 is 1. The van der Waals surface area contributed by atoms with E-state index in [1.54, 1.807) is 54.4 Å². The molecule has 0 unspecified atom stereocenters. The maximum Gasteiger partial charge on any atom is 0.323 e. The zero-order valence-corrected chi connectivity index (χ0v) is 14.5. The summed E-state index contributed by atoms with van der Waals surface area (Å²) < 4.78 is 7.15. The van der Waals surface area contributed by atoms with Crippen LogP contribution in [0.25, 0.3) is 11.3 Å². The third-order valence-corrected chi connectivity index (χ3v) is 3.91. The first-order valence-electron chi connectivity index (χ1n) is 7.57. The van der Waals surface area contributed by atoms with Gasteiger partial charge in [-0.25, -0.2) is 4.79 Å². The van der Waals surface area contributed by atoms with Crippen molar-refractivity contribution in [2.75, 3.05) is 17.7 Å². The van der Waals surface area contributed by atoms with Gasteiger partial charge in [-0.1, -0.05) is 11.6 Å². The molecular formula is C18H17ClN4O2. The van der Waals surface area contributed by atoms with Gasteiger partial charge in [0.2, 0.25) is 0 Å². The minimum absolute atomic E-state index is 0.344. The molecule has 7 heteroatoms. The van der Waals surface area contributed by atoms with Crippen molar-refractivity contribution < 1.29 is 9.53 Å². The zero-order chi connectivity index (χ0) is 17.8. The highest BCUT2D eigenvalue weighted by atomic mass is 35.5. The maximum atomic E-state index is 12.2. The van der Waals surface area contributed by atoms with E-state index in [2.05, 4.69) is 15.7 Å². The zero-order valence-electron chi connectivity index (χ0n) is 13.8. The molecule has 128 valence electrons. The number of halogens is 1. The van der Waals surface area contributed by atoms with Crippen LogP contribution in [0.1, 0.15) is 0 Å². The summed E-state index contributed by atoms with van der Waals surface area (Å²) in [5.41, 5.74) is 3.02. The summed E-state index contributed by atoms with van der Waals surface area (Å²) in [6.45, 7) is 0. The molecule has 0 bridgehead atoms. The predicted molar refractivity (Wildman–Crippen MR) is 99.3 cm³/mol. The third kappa shape index (κ3) is 3.92. The topological polar surface area (TPSA) is 68.2 Å². The van der Waals surface area contributed by atoms with Crippen LogP contribution in [0.2, 0.25) is 5.02 Å². The van der Waals surface area contributed by atoms with E-state index in [-0.39, 0.29) is 6.03 Å². The fourth-order valence-electron chi connectivity index (χ4n) is 2.45. The number of rotatable bonds is 4. The Labute approximate surface area is 150 Å². The quantitative estimate of drug-likeness (QED) is 0.728. The normalized spacial score (nSPS) is 10.4. The Kier molecular flexibility index (Phi) is 4.90. The molecule has 2 N–H and O–H groups in total. The van der Waals surface area contributed by atoms with Gasteiger partial charge in [0.15, 0.2) is 0 Å². The predicted octanol–water partition coefficient (Wildman–Crippen LogP) is 4.39. The number of aryl methyl sites for hydroxylation is 1. The van der Waals surface area contributed by atoms with Crippen molar-refractivity contribution in [2.45, 2.75) is 0 Å². The van der Waals surface area contributed by atoms with E-state index in [0.717, 1.165) is 11.3 Å². The number of nitrogens with one attached hydrogen (secondary N) is 2. The van der Waals surface area contributed by atoms with Gasteiger partial charge in [-0.15, -0.1) is 0 Å². The van der Waals surface area contributed by atoms with Crippen LogP contribution >= 0.6 is 11.6 Å². The third-order valence-electron chi connectivity index (χ3n) is 3.66. The van der Waals surface area contributed by atoms with Gasteiger partial charge in [-0.2, -0.15) is 5.10 Å². The van der Waals surface area contributed by atoms with E-state index in [9.17, 15) is 4.79 Å². The molecule has 1 aromatic heterocycles. The van der Waals surface area contributed by atoms with Crippen molar-refractivity contribution in [1.82, 2.24) is 9.78 Å². The smallest absolute Gasteiger partial charge is 0.323 e. The van der Waals surface area contributed by atoms with E-state index in [1.807, 2.05) is 19.2 Å². The molecule has 6 nitrogen and oxygen atoms in total. The molecule has 0 aliphatic rings. The highest BCUT2D eigenvalue weighted by Crippen LogP contribution is 2.32. The highest BCUT2D eigenvalue weighted by molar-refractivity contribution is 6.30. The lowest BCUT2D eigenvalue weighted by Crippen LogP contribution is -2.19. The lowest BCUT2D eigenvalue weighted by Gasteiger charge is -2.12. The SMILES string of the molecule is COc1ccc(NC(=O)Nc2ccc(Cl)cc2)cc1-c1ccnn1C. The number of hydrogen-bond donors (Lipinski definition) is 2. The van der Waals surface area contributed by atoms with E-state index >= 15 is 0 Å². The lowest BCUT2D eigenvalue weighted by atomic mass is 10.1. The minimum atomic E-state index is -0.344. The van der Waals surface area contributed by atoms with E-state index in [0.29, 0.717) is 22.1 Å². The Morgan fingerprint density at radius 3 is 2.40 bits per heavy atom. The molecule has 2 amide bonds. The monoisotopic (exact) mass is 356 g/mol. The molecular weight excluding hydrogens is 340 g/mol. The number of ether oxygens (including phenoxy) is 1. The Balaban J connectivity index is 1.79. The molecule has 2 aromatic carbocycles. The molecule has 0 atom stereocenters. The Hall–Kier alpha value is -2.99. The van der Waals surface area contributed by atoms with E-state index < -0.39 is 0 Å². The molecule has 1 heterocycles. The van der Waals surface area contributed by atoms with Crippen molar-refractivity contribution in [3.8, 4) is 17.0 Å². The van der Waals surface area contributed by atoms with Crippen molar-refractivity contribution >= 4 is 29.0 Å². The molecule has 0 saturated heterocycles. The number of aromatic nitrogens is 2. The number of urea groups is 1.